The van der Waals surface area contributed by atoms with Gasteiger partial charge in [0.1, 0.15) is 12.1 Å². The fraction of sp³-hybridized carbons (Fsp3) is 0.421. The number of nitrogens with one attached hydrogen (secondary N) is 1. The first kappa shape index (κ1) is 20.3. The molecule has 1 aromatic heterocycles. The van der Waals surface area contributed by atoms with Gasteiger partial charge in [-0.2, -0.15) is 0 Å². The van der Waals surface area contributed by atoms with E-state index < -0.39 is 4.92 Å². The Bertz CT molecular complexity index is 891. The smallest absolute Gasteiger partial charge is 0.353 e. The van der Waals surface area contributed by atoms with Crippen molar-refractivity contribution in [3.63, 3.8) is 0 Å². The Morgan fingerprint density at radius 2 is 2.17 bits per heavy atom. The van der Waals surface area contributed by atoms with Crippen LogP contribution in [0.1, 0.15) is 19.8 Å². The molecule has 1 aromatic carbocycles. The van der Waals surface area contributed by atoms with Crippen LogP contribution in [0.25, 0.3) is 0 Å². The number of nitro groups is 1. The highest BCUT2D eigenvalue weighted by Crippen LogP contribution is 2.37. The average Bonchev–Trinajstić information content (AvgIpc) is 2.74. The number of aromatic nitrogens is 2. The lowest BCUT2D eigenvalue weighted by atomic mass is 9.98. The van der Waals surface area contributed by atoms with Gasteiger partial charge in [0, 0.05) is 13.1 Å². The first-order valence-corrected chi connectivity index (χ1v) is 9.36. The number of benzene rings is 1. The third kappa shape index (κ3) is 4.53. The molecule has 0 bridgehead atoms. The van der Waals surface area contributed by atoms with E-state index in [1.165, 1.54) is 13.4 Å². The number of ether oxygens (including phenoxy) is 2. The topological polar surface area (TPSA) is 120 Å². The van der Waals surface area contributed by atoms with Gasteiger partial charge >= 0.3 is 11.7 Å². The van der Waals surface area contributed by atoms with Gasteiger partial charge in [-0.1, -0.05) is 12.1 Å². The van der Waals surface area contributed by atoms with E-state index in [1.807, 2.05) is 0 Å². The van der Waals surface area contributed by atoms with Crippen molar-refractivity contribution in [1.29, 1.82) is 0 Å². The van der Waals surface area contributed by atoms with Crippen LogP contribution in [0.15, 0.2) is 30.6 Å². The molecule has 154 valence electrons. The van der Waals surface area contributed by atoms with Crippen molar-refractivity contribution in [2.24, 2.45) is 5.92 Å². The number of hydrogen-bond donors (Lipinski definition) is 1. The van der Waals surface area contributed by atoms with Crippen LogP contribution >= 0.6 is 0 Å². The minimum absolute atomic E-state index is 0.0581. The van der Waals surface area contributed by atoms with E-state index in [-0.39, 0.29) is 29.2 Å². The maximum Gasteiger partial charge on any atom is 0.353 e. The molecule has 0 spiro atoms. The molecule has 1 unspecified atom stereocenters. The lowest BCUT2D eigenvalue weighted by Gasteiger charge is -2.32. The monoisotopic (exact) mass is 401 g/mol. The highest BCUT2D eigenvalue weighted by molar-refractivity contribution is 5.78. The second kappa shape index (κ2) is 9.18. The van der Waals surface area contributed by atoms with E-state index in [0.717, 1.165) is 0 Å². The largest absolute Gasteiger partial charge is 0.495 e. The molecular weight excluding hydrogens is 378 g/mol. The number of methoxy groups -OCH3 is 1. The first-order valence-electron chi connectivity index (χ1n) is 9.36. The summed E-state index contributed by atoms with van der Waals surface area (Å²) in [6.45, 7) is 2.92. The number of para-hydroxylation sites is 2. The predicted octanol–water partition coefficient (Wildman–Crippen LogP) is 2.92. The van der Waals surface area contributed by atoms with Crippen molar-refractivity contribution in [3.05, 3.63) is 40.7 Å². The van der Waals surface area contributed by atoms with Gasteiger partial charge in [-0.15, -0.1) is 0 Å². The van der Waals surface area contributed by atoms with Crippen LogP contribution in [0.3, 0.4) is 0 Å². The Labute approximate surface area is 168 Å². The molecule has 1 aliphatic heterocycles. The van der Waals surface area contributed by atoms with E-state index in [9.17, 15) is 14.9 Å². The van der Waals surface area contributed by atoms with Gasteiger partial charge in [0.05, 0.1) is 30.2 Å². The molecule has 29 heavy (non-hydrogen) atoms. The number of nitrogens with zero attached hydrogens (tertiary/aromatic N) is 4. The second-order valence-corrected chi connectivity index (χ2v) is 6.51. The van der Waals surface area contributed by atoms with E-state index in [2.05, 4.69) is 15.3 Å². The molecule has 0 aliphatic carbocycles. The standard InChI is InChI=1S/C19H23N5O5/c1-3-29-19(25)13-7-6-10-23(11-13)18-16(24(26)27)17(20-12-21-18)22-14-8-4-5-9-15(14)28-2/h4-5,8-9,12-13H,3,6-7,10-11H2,1-2H3,(H,20,21,22). The van der Waals surface area contributed by atoms with Crippen LogP contribution < -0.4 is 15.0 Å². The molecule has 1 N–H and O–H groups in total. The maximum absolute atomic E-state index is 12.1. The molecule has 0 saturated carbocycles. The molecule has 1 saturated heterocycles. The summed E-state index contributed by atoms with van der Waals surface area (Å²) in [4.78, 5) is 33.5. The van der Waals surface area contributed by atoms with Crippen molar-refractivity contribution in [2.75, 3.05) is 37.0 Å². The number of carbonyl (C=O) groups excluding carboxylic acids is 1. The van der Waals surface area contributed by atoms with Crippen molar-refractivity contribution >= 4 is 29.0 Å². The van der Waals surface area contributed by atoms with Crippen LogP contribution in [0.2, 0.25) is 0 Å². The summed E-state index contributed by atoms with van der Waals surface area (Å²) in [6.07, 6.45) is 2.66. The van der Waals surface area contributed by atoms with Crippen LogP contribution in [-0.4, -0.2) is 47.7 Å². The summed E-state index contributed by atoms with van der Waals surface area (Å²) in [6, 6.07) is 7.06. The summed E-state index contributed by atoms with van der Waals surface area (Å²) >= 11 is 0. The predicted molar refractivity (Wildman–Crippen MR) is 107 cm³/mol. The van der Waals surface area contributed by atoms with Gasteiger partial charge in [0.2, 0.25) is 11.6 Å². The summed E-state index contributed by atoms with van der Waals surface area (Å²) in [5.74, 6) is 0.131. The molecule has 0 amide bonds. The highest BCUT2D eigenvalue weighted by atomic mass is 16.6. The van der Waals surface area contributed by atoms with E-state index in [4.69, 9.17) is 9.47 Å². The second-order valence-electron chi connectivity index (χ2n) is 6.51. The molecule has 2 heterocycles. The zero-order valence-corrected chi connectivity index (χ0v) is 16.3. The highest BCUT2D eigenvalue weighted by Gasteiger charge is 2.33. The number of anilines is 3. The Morgan fingerprint density at radius 3 is 2.90 bits per heavy atom. The van der Waals surface area contributed by atoms with Crippen LogP contribution in [0, 0.1) is 16.0 Å². The molecule has 10 heteroatoms. The third-order valence-electron chi connectivity index (χ3n) is 4.69. The Morgan fingerprint density at radius 1 is 1.38 bits per heavy atom. The first-order chi connectivity index (χ1) is 14.0. The van der Waals surface area contributed by atoms with Crippen molar-refractivity contribution in [3.8, 4) is 5.75 Å². The lowest BCUT2D eigenvalue weighted by Crippen LogP contribution is -2.40. The van der Waals surface area contributed by atoms with E-state index in [0.29, 0.717) is 44.0 Å². The van der Waals surface area contributed by atoms with Gasteiger partial charge < -0.3 is 19.7 Å². The summed E-state index contributed by atoms with van der Waals surface area (Å²) in [5, 5.41) is 14.9. The fourth-order valence-corrected chi connectivity index (χ4v) is 3.36. The number of rotatable bonds is 7. The van der Waals surface area contributed by atoms with Gasteiger partial charge in [0.15, 0.2) is 0 Å². The van der Waals surface area contributed by atoms with E-state index >= 15 is 0 Å². The minimum Gasteiger partial charge on any atom is -0.495 e. The average molecular weight is 401 g/mol. The summed E-state index contributed by atoms with van der Waals surface area (Å²) in [7, 11) is 1.52. The third-order valence-corrected chi connectivity index (χ3v) is 4.69. The normalized spacial score (nSPS) is 16.2. The molecule has 2 aromatic rings. The number of carbonyl (C=O) groups is 1. The zero-order chi connectivity index (χ0) is 20.8. The van der Waals surface area contributed by atoms with Crippen molar-refractivity contribution < 1.29 is 19.2 Å². The molecule has 0 radical (unpaired) electrons. The number of esters is 1. The summed E-state index contributed by atoms with van der Waals surface area (Å²) in [5.41, 5.74) is 0.300. The molecule has 10 nitrogen and oxygen atoms in total. The Kier molecular flexibility index (Phi) is 6.43. The molecule has 1 fully saturated rings. The SMILES string of the molecule is CCOC(=O)C1CCCN(c2ncnc(Nc3ccccc3OC)c2[N+](=O)[O-])C1. The van der Waals surface area contributed by atoms with Crippen molar-refractivity contribution in [2.45, 2.75) is 19.8 Å². The molecule has 1 aliphatic rings. The van der Waals surface area contributed by atoms with Gasteiger partial charge in [-0.05, 0) is 31.9 Å². The number of hydrogen-bond acceptors (Lipinski definition) is 9. The molecule has 3 rings (SSSR count). The molecular formula is C19H23N5O5. The lowest BCUT2D eigenvalue weighted by molar-refractivity contribution is -0.383. The van der Waals surface area contributed by atoms with Gasteiger partial charge in [-0.3, -0.25) is 14.9 Å². The fourth-order valence-electron chi connectivity index (χ4n) is 3.36. The van der Waals surface area contributed by atoms with Crippen molar-refractivity contribution in [1.82, 2.24) is 9.97 Å². The van der Waals surface area contributed by atoms with Crippen LogP contribution in [0.5, 0.6) is 5.75 Å². The van der Waals surface area contributed by atoms with Gasteiger partial charge in [0.25, 0.3) is 0 Å². The Hall–Kier alpha value is -3.43. The maximum atomic E-state index is 12.1. The zero-order valence-electron chi connectivity index (χ0n) is 16.3. The number of piperidine rings is 1. The minimum atomic E-state index is -0.513. The van der Waals surface area contributed by atoms with Crippen LogP contribution in [-0.2, 0) is 9.53 Å². The van der Waals surface area contributed by atoms with Gasteiger partial charge in [-0.25, -0.2) is 9.97 Å². The van der Waals surface area contributed by atoms with Crippen LogP contribution in [0.4, 0.5) is 23.0 Å². The quantitative estimate of drug-likeness (QED) is 0.424. The summed E-state index contributed by atoms with van der Waals surface area (Å²) < 4.78 is 10.4. The molecule has 1 atom stereocenters. The van der Waals surface area contributed by atoms with E-state index in [1.54, 1.807) is 36.1 Å². The Balaban J connectivity index is 1.93.